The van der Waals surface area contributed by atoms with Gasteiger partial charge in [-0.2, -0.15) is 0 Å². The van der Waals surface area contributed by atoms with Crippen LogP contribution in [0.25, 0.3) is 10.9 Å². The minimum absolute atomic E-state index is 0.0843. The molecular weight excluding hydrogens is 410 g/mol. The predicted molar refractivity (Wildman–Crippen MR) is 109 cm³/mol. The summed E-state index contributed by atoms with van der Waals surface area (Å²) in [4.78, 5) is 39.3. The normalized spacial score (nSPS) is 10.9. The highest BCUT2D eigenvalue weighted by molar-refractivity contribution is 9.10. The topological polar surface area (TPSA) is 84.0 Å². The van der Waals surface area contributed by atoms with Gasteiger partial charge < -0.3 is 10.3 Å². The van der Waals surface area contributed by atoms with Gasteiger partial charge in [0.1, 0.15) is 0 Å². The molecule has 1 amide bonds. The van der Waals surface area contributed by atoms with Gasteiger partial charge in [-0.1, -0.05) is 46.3 Å². The lowest BCUT2D eigenvalue weighted by molar-refractivity contribution is -0.121. The molecule has 0 unspecified atom stereocenters. The summed E-state index contributed by atoms with van der Waals surface area (Å²) in [5, 5.41) is 3.31. The van der Waals surface area contributed by atoms with E-state index in [-0.39, 0.29) is 24.4 Å². The number of aromatic amines is 1. The van der Waals surface area contributed by atoms with Gasteiger partial charge in [-0.15, -0.1) is 0 Å². The van der Waals surface area contributed by atoms with Crippen molar-refractivity contribution in [3.05, 3.63) is 79.4 Å². The van der Waals surface area contributed by atoms with Crippen LogP contribution in [-0.2, 0) is 17.8 Å². The summed E-state index contributed by atoms with van der Waals surface area (Å²) in [5.74, 6) is -0.0843. The van der Waals surface area contributed by atoms with Gasteiger partial charge in [0.15, 0.2) is 0 Å². The largest absolute Gasteiger partial charge is 0.356 e. The Morgan fingerprint density at radius 2 is 1.89 bits per heavy atom. The summed E-state index contributed by atoms with van der Waals surface area (Å²) in [6.07, 6.45) is 1.45. The van der Waals surface area contributed by atoms with E-state index in [0.717, 1.165) is 15.5 Å². The molecular formula is C20H20BrN3O3. The van der Waals surface area contributed by atoms with E-state index in [1.165, 1.54) is 5.56 Å². The molecule has 0 fully saturated rings. The smallest absolute Gasteiger partial charge is 0.328 e. The molecule has 0 bridgehead atoms. The monoisotopic (exact) mass is 429 g/mol. The maximum absolute atomic E-state index is 12.5. The third kappa shape index (κ3) is 4.95. The number of carbonyl (C=O) groups is 1. The number of rotatable bonds is 7. The lowest BCUT2D eigenvalue weighted by Crippen LogP contribution is -2.35. The molecule has 0 saturated carbocycles. The first kappa shape index (κ1) is 19.1. The first-order chi connectivity index (χ1) is 13.0. The second-order valence-electron chi connectivity index (χ2n) is 6.27. The zero-order valence-electron chi connectivity index (χ0n) is 14.7. The Labute approximate surface area is 164 Å². The molecule has 140 valence electrons. The molecule has 0 aliphatic heterocycles. The van der Waals surface area contributed by atoms with Crippen LogP contribution in [0.2, 0.25) is 0 Å². The van der Waals surface area contributed by atoms with Crippen LogP contribution in [0, 0.1) is 0 Å². The summed E-state index contributed by atoms with van der Waals surface area (Å²) in [7, 11) is 0. The molecule has 6 nitrogen and oxygen atoms in total. The van der Waals surface area contributed by atoms with Crippen molar-refractivity contribution in [3.63, 3.8) is 0 Å². The number of hydrogen-bond acceptors (Lipinski definition) is 3. The van der Waals surface area contributed by atoms with Crippen molar-refractivity contribution in [3.8, 4) is 0 Å². The molecule has 27 heavy (non-hydrogen) atoms. The highest BCUT2D eigenvalue weighted by Gasteiger charge is 2.09. The lowest BCUT2D eigenvalue weighted by atomic mass is 10.1. The molecule has 0 atom stereocenters. The molecule has 3 aromatic rings. The highest BCUT2D eigenvalue weighted by Crippen LogP contribution is 2.14. The minimum Gasteiger partial charge on any atom is -0.356 e. The number of nitrogens with zero attached hydrogens (tertiary/aromatic N) is 1. The Morgan fingerprint density at radius 3 is 2.67 bits per heavy atom. The van der Waals surface area contributed by atoms with E-state index in [0.29, 0.717) is 23.9 Å². The average Bonchev–Trinajstić information content (AvgIpc) is 2.66. The number of carbonyl (C=O) groups excluding carboxylic acids is 1. The van der Waals surface area contributed by atoms with Crippen LogP contribution in [0.4, 0.5) is 0 Å². The summed E-state index contributed by atoms with van der Waals surface area (Å²) in [5.41, 5.74) is 0.861. The molecule has 0 aliphatic carbocycles. The summed E-state index contributed by atoms with van der Waals surface area (Å²) in [6, 6.07) is 15.1. The van der Waals surface area contributed by atoms with Gasteiger partial charge in [-0.05, 0) is 36.6 Å². The summed E-state index contributed by atoms with van der Waals surface area (Å²) >= 11 is 3.33. The van der Waals surface area contributed by atoms with Gasteiger partial charge in [-0.25, -0.2) is 4.79 Å². The first-order valence-electron chi connectivity index (χ1n) is 8.77. The standard InChI is InChI=1S/C20H20BrN3O3/c21-15-8-9-17-16(13-15)19(26)24(20(27)23-17)12-4-7-18(25)22-11-10-14-5-2-1-3-6-14/h1-3,5-6,8-9,13H,4,7,10-12H2,(H,22,25)(H,23,27). The van der Waals surface area contributed by atoms with Crippen molar-refractivity contribution < 1.29 is 4.79 Å². The van der Waals surface area contributed by atoms with Crippen LogP contribution in [0.1, 0.15) is 18.4 Å². The number of amides is 1. The van der Waals surface area contributed by atoms with E-state index in [1.54, 1.807) is 18.2 Å². The number of benzene rings is 2. The Hall–Kier alpha value is -2.67. The fourth-order valence-electron chi connectivity index (χ4n) is 2.90. The van der Waals surface area contributed by atoms with Gasteiger partial charge in [0.25, 0.3) is 5.56 Å². The molecule has 0 radical (unpaired) electrons. The van der Waals surface area contributed by atoms with E-state index in [4.69, 9.17) is 0 Å². The molecule has 3 rings (SSSR count). The van der Waals surface area contributed by atoms with Crippen LogP contribution in [0.3, 0.4) is 0 Å². The molecule has 1 heterocycles. The van der Waals surface area contributed by atoms with Gasteiger partial charge in [0, 0.05) is 24.0 Å². The SMILES string of the molecule is O=C(CCCn1c(=O)[nH]c2ccc(Br)cc2c1=O)NCCc1ccccc1. The van der Waals surface area contributed by atoms with Crippen LogP contribution < -0.4 is 16.6 Å². The van der Waals surface area contributed by atoms with Crippen molar-refractivity contribution in [2.24, 2.45) is 0 Å². The summed E-state index contributed by atoms with van der Waals surface area (Å²) in [6.45, 7) is 0.760. The average molecular weight is 430 g/mol. The number of hydrogen-bond donors (Lipinski definition) is 2. The van der Waals surface area contributed by atoms with E-state index in [9.17, 15) is 14.4 Å². The Kier molecular flexibility index (Phi) is 6.24. The Bertz CT molecular complexity index is 1060. The lowest BCUT2D eigenvalue weighted by Gasteiger charge is -2.08. The third-order valence-corrected chi connectivity index (χ3v) is 4.80. The quantitative estimate of drug-likeness (QED) is 0.605. The predicted octanol–water partition coefficient (Wildman–Crippen LogP) is 2.59. The second kappa shape index (κ2) is 8.81. The van der Waals surface area contributed by atoms with Crippen molar-refractivity contribution in [2.75, 3.05) is 6.54 Å². The summed E-state index contributed by atoms with van der Waals surface area (Å²) < 4.78 is 1.91. The van der Waals surface area contributed by atoms with E-state index in [2.05, 4.69) is 26.2 Å². The minimum atomic E-state index is -0.459. The van der Waals surface area contributed by atoms with Gasteiger partial charge in [0.2, 0.25) is 5.91 Å². The molecule has 0 saturated heterocycles. The first-order valence-corrected chi connectivity index (χ1v) is 9.57. The van der Waals surface area contributed by atoms with Crippen molar-refractivity contribution in [1.82, 2.24) is 14.9 Å². The fraction of sp³-hybridized carbons (Fsp3) is 0.250. The number of fused-ring (bicyclic) bond motifs is 1. The molecule has 0 aliphatic rings. The molecule has 7 heteroatoms. The van der Waals surface area contributed by atoms with E-state index >= 15 is 0 Å². The van der Waals surface area contributed by atoms with Crippen LogP contribution in [0.5, 0.6) is 0 Å². The van der Waals surface area contributed by atoms with E-state index < -0.39 is 5.69 Å². The van der Waals surface area contributed by atoms with Crippen LogP contribution in [-0.4, -0.2) is 22.0 Å². The second-order valence-corrected chi connectivity index (χ2v) is 7.18. The fourth-order valence-corrected chi connectivity index (χ4v) is 3.26. The van der Waals surface area contributed by atoms with Gasteiger partial charge in [-0.3, -0.25) is 14.2 Å². The van der Waals surface area contributed by atoms with Crippen molar-refractivity contribution in [2.45, 2.75) is 25.8 Å². The maximum Gasteiger partial charge on any atom is 0.328 e. The van der Waals surface area contributed by atoms with Crippen LogP contribution in [0.15, 0.2) is 62.6 Å². The Morgan fingerprint density at radius 1 is 1.11 bits per heavy atom. The maximum atomic E-state index is 12.5. The molecule has 1 aromatic heterocycles. The number of aromatic nitrogens is 2. The van der Waals surface area contributed by atoms with E-state index in [1.807, 2.05) is 30.3 Å². The zero-order valence-corrected chi connectivity index (χ0v) is 16.3. The van der Waals surface area contributed by atoms with Gasteiger partial charge in [0.05, 0.1) is 10.9 Å². The molecule has 0 spiro atoms. The molecule has 2 aromatic carbocycles. The Balaban J connectivity index is 1.55. The molecule has 2 N–H and O–H groups in total. The zero-order chi connectivity index (χ0) is 19.2. The third-order valence-electron chi connectivity index (χ3n) is 4.31. The van der Waals surface area contributed by atoms with Crippen molar-refractivity contribution in [1.29, 1.82) is 0 Å². The number of nitrogens with one attached hydrogen (secondary N) is 2. The van der Waals surface area contributed by atoms with Crippen LogP contribution >= 0.6 is 15.9 Å². The highest BCUT2D eigenvalue weighted by atomic mass is 79.9. The number of halogens is 1. The van der Waals surface area contributed by atoms with Crippen molar-refractivity contribution >= 4 is 32.7 Å². The number of H-pyrrole nitrogens is 1. The van der Waals surface area contributed by atoms with Gasteiger partial charge >= 0.3 is 5.69 Å².